The van der Waals surface area contributed by atoms with Gasteiger partial charge in [0.2, 0.25) is 5.91 Å². The topological polar surface area (TPSA) is 98.9 Å². The minimum atomic E-state index is -0.753. The zero-order chi connectivity index (χ0) is 21.7. The van der Waals surface area contributed by atoms with Crippen molar-refractivity contribution in [2.45, 2.75) is 13.5 Å². The summed E-state index contributed by atoms with van der Waals surface area (Å²) < 4.78 is 11.5. The van der Waals surface area contributed by atoms with Crippen LogP contribution >= 0.6 is 23.4 Å². The van der Waals surface area contributed by atoms with Crippen LogP contribution in [0.2, 0.25) is 5.02 Å². The molecule has 1 aliphatic heterocycles. The molecule has 7 nitrogen and oxygen atoms in total. The van der Waals surface area contributed by atoms with Gasteiger partial charge in [-0.15, -0.1) is 0 Å². The molecule has 2 aromatic rings. The molecule has 0 unspecified atom stereocenters. The number of hydrogen-bond donors (Lipinski definition) is 1. The summed E-state index contributed by atoms with van der Waals surface area (Å²) >= 11 is 6.92. The van der Waals surface area contributed by atoms with Gasteiger partial charge in [-0.2, -0.15) is 0 Å². The summed E-state index contributed by atoms with van der Waals surface area (Å²) in [5.74, 6) is -0.288. The van der Waals surface area contributed by atoms with Gasteiger partial charge in [0.15, 0.2) is 11.5 Å². The van der Waals surface area contributed by atoms with E-state index in [4.69, 9.17) is 26.8 Å². The van der Waals surface area contributed by atoms with Crippen LogP contribution in [0.3, 0.4) is 0 Å². The molecule has 30 heavy (non-hydrogen) atoms. The lowest BCUT2D eigenvalue weighted by Crippen LogP contribution is -2.36. The fraction of sp³-hybridized carbons (Fsp3) is 0.190. The van der Waals surface area contributed by atoms with E-state index in [1.165, 1.54) is 0 Å². The number of ether oxygens (including phenoxy) is 2. The van der Waals surface area contributed by atoms with E-state index in [1.54, 1.807) is 30.3 Å². The molecule has 2 aromatic carbocycles. The highest BCUT2D eigenvalue weighted by molar-refractivity contribution is 8.18. The maximum atomic E-state index is 12.4. The van der Waals surface area contributed by atoms with Gasteiger partial charge in [-0.1, -0.05) is 35.9 Å². The number of benzene rings is 2. The van der Waals surface area contributed by atoms with Gasteiger partial charge in [0.1, 0.15) is 13.2 Å². The molecular formula is C21H19ClN2O5S. The van der Waals surface area contributed by atoms with Crippen molar-refractivity contribution in [2.24, 2.45) is 5.73 Å². The Labute approximate surface area is 182 Å². The minimum absolute atomic E-state index is 0.202. The fourth-order valence-electron chi connectivity index (χ4n) is 2.72. The number of thioether (sulfide) groups is 1. The maximum Gasteiger partial charge on any atom is 0.294 e. The smallest absolute Gasteiger partial charge is 0.294 e. The number of carbonyl (C=O) groups is 3. The molecule has 3 amide bonds. The second-order valence-corrected chi connectivity index (χ2v) is 7.65. The Bertz CT molecular complexity index is 1020. The Morgan fingerprint density at radius 2 is 1.93 bits per heavy atom. The second-order valence-electron chi connectivity index (χ2n) is 6.25. The molecule has 3 rings (SSSR count). The van der Waals surface area contributed by atoms with Crippen LogP contribution in [0.1, 0.15) is 18.1 Å². The second kappa shape index (κ2) is 9.69. The molecule has 0 radical (unpaired) electrons. The standard InChI is InChI=1S/C21H19ClN2O5S/c1-2-28-17-9-13(10-18-20(26)24(11-19(23)25)21(27)30-18)7-8-16(17)29-12-14-5-3-4-6-15(14)22/h3-10H,2,11-12H2,1H3,(H2,23,25)/b18-10-. The predicted octanol–water partition coefficient (Wildman–Crippen LogP) is 3.84. The summed E-state index contributed by atoms with van der Waals surface area (Å²) in [7, 11) is 0. The van der Waals surface area contributed by atoms with Gasteiger partial charge in [-0.25, -0.2) is 0 Å². The Balaban J connectivity index is 1.80. The normalized spacial score (nSPS) is 15.0. The Morgan fingerprint density at radius 1 is 1.17 bits per heavy atom. The van der Waals surface area contributed by atoms with E-state index in [1.807, 2.05) is 25.1 Å². The first kappa shape index (κ1) is 21.7. The van der Waals surface area contributed by atoms with Gasteiger partial charge in [0, 0.05) is 10.6 Å². The van der Waals surface area contributed by atoms with Gasteiger partial charge < -0.3 is 15.2 Å². The van der Waals surface area contributed by atoms with Crippen LogP contribution in [-0.2, 0) is 16.2 Å². The number of nitrogens with zero attached hydrogens (tertiary/aromatic N) is 1. The highest BCUT2D eigenvalue weighted by Gasteiger charge is 2.35. The molecule has 0 spiro atoms. The summed E-state index contributed by atoms with van der Waals surface area (Å²) in [6.07, 6.45) is 1.56. The summed E-state index contributed by atoms with van der Waals surface area (Å²) in [6, 6.07) is 12.6. The molecule has 0 aliphatic carbocycles. The molecule has 1 saturated heterocycles. The lowest BCUT2D eigenvalue weighted by atomic mass is 10.1. The first-order valence-electron chi connectivity index (χ1n) is 9.05. The molecule has 0 aromatic heterocycles. The first-order chi connectivity index (χ1) is 14.4. The third kappa shape index (κ3) is 5.14. The average Bonchev–Trinajstić information content (AvgIpc) is 2.96. The number of rotatable bonds is 8. The molecule has 1 aliphatic rings. The maximum absolute atomic E-state index is 12.4. The largest absolute Gasteiger partial charge is 0.490 e. The van der Waals surface area contributed by atoms with Crippen molar-refractivity contribution in [2.75, 3.05) is 13.2 Å². The van der Waals surface area contributed by atoms with E-state index in [9.17, 15) is 14.4 Å². The third-order valence-electron chi connectivity index (χ3n) is 4.09. The van der Waals surface area contributed by atoms with E-state index in [0.29, 0.717) is 28.7 Å². The van der Waals surface area contributed by atoms with Crippen molar-refractivity contribution in [1.29, 1.82) is 0 Å². The summed E-state index contributed by atoms with van der Waals surface area (Å²) in [4.78, 5) is 36.4. The molecule has 0 atom stereocenters. The van der Waals surface area contributed by atoms with Gasteiger partial charge >= 0.3 is 0 Å². The zero-order valence-electron chi connectivity index (χ0n) is 16.1. The fourth-order valence-corrected chi connectivity index (χ4v) is 3.75. The van der Waals surface area contributed by atoms with Crippen molar-refractivity contribution in [3.05, 3.63) is 63.5 Å². The number of carbonyl (C=O) groups excluding carboxylic acids is 3. The highest BCUT2D eigenvalue weighted by Crippen LogP contribution is 2.35. The zero-order valence-corrected chi connectivity index (χ0v) is 17.7. The van der Waals surface area contributed by atoms with Crippen LogP contribution in [-0.4, -0.2) is 35.1 Å². The monoisotopic (exact) mass is 446 g/mol. The third-order valence-corrected chi connectivity index (χ3v) is 5.37. The van der Waals surface area contributed by atoms with Crippen molar-refractivity contribution in [3.8, 4) is 11.5 Å². The van der Waals surface area contributed by atoms with Gasteiger partial charge in [0.05, 0.1) is 11.5 Å². The number of imide groups is 1. The van der Waals surface area contributed by atoms with E-state index in [0.717, 1.165) is 22.2 Å². The van der Waals surface area contributed by atoms with Gasteiger partial charge in [-0.3, -0.25) is 19.3 Å². The summed E-state index contributed by atoms with van der Waals surface area (Å²) in [6.45, 7) is 2.09. The van der Waals surface area contributed by atoms with Crippen LogP contribution in [0.5, 0.6) is 11.5 Å². The van der Waals surface area contributed by atoms with Crippen LogP contribution in [0.15, 0.2) is 47.4 Å². The lowest BCUT2D eigenvalue weighted by Gasteiger charge is -2.13. The summed E-state index contributed by atoms with van der Waals surface area (Å²) in [5.41, 5.74) is 6.58. The van der Waals surface area contributed by atoms with Crippen molar-refractivity contribution >= 4 is 46.5 Å². The Hall–Kier alpha value is -2.97. The average molecular weight is 447 g/mol. The van der Waals surface area contributed by atoms with Gasteiger partial charge in [-0.05, 0) is 48.5 Å². The van der Waals surface area contributed by atoms with E-state index < -0.39 is 23.6 Å². The molecular weight excluding hydrogens is 428 g/mol. The van der Waals surface area contributed by atoms with Crippen molar-refractivity contribution in [1.82, 2.24) is 4.90 Å². The number of nitrogens with two attached hydrogens (primary N) is 1. The number of hydrogen-bond acceptors (Lipinski definition) is 6. The minimum Gasteiger partial charge on any atom is -0.490 e. The van der Waals surface area contributed by atoms with Crippen LogP contribution in [0.4, 0.5) is 4.79 Å². The molecule has 1 fully saturated rings. The van der Waals surface area contributed by atoms with E-state index in [-0.39, 0.29) is 11.5 Å². The number of primary amides is 1. The quantitative estimate of drug-likeness (QED) is 0.618. The Kier molecular flexibility index (Phi) is 7.02. The molecule has 0 saturated carbocycles. The number of amides is 3. The van der Waals surface area contributed by atoms with Crippen LogP contribution in [0.25, 0.3) is 6.08 Å². The van der Waals surface area contributed by atoms with E-state index in [2.05, 4.69) is 0 Å². The van der Waals surface area contributed by atoms with Crippen molar-refractivity contribution in [3.63, 3.8) is 0 Å². The highest BCUT2D eigenvalue weighted by atomic mass is 35.5. The predicted molar refractivity (Wildman–Crippen MR) is 115 cm³/mol. The molecule has 9 heteroatoms. The lowest BCUT2D eigenvalue weighted by molar-refractivity contribution is -0.127. The SMILES string of the molecule is CCOc1cc(/C=C2\SC(=O)N(CC(N)=O)C2=O)ccc1OCc1ccccc1Cl. The molecule has 156 valence electrons. The Morgan fingerprint density at radius 3 is 2.63 bits per heavy atom. The molecule has 1 heterocycles. The van der Waals surface area contributed by atoms with Crippen LogP contribution in [0, 0.1) is 0 Å². The number of halogens is 1. The summed E-state index contributed by atoms with van der Waals surface area (Å²) in [5, 5.41) is 0.0774. The first-order valence-corrected chi connectivity index (χ1v) is 10.2. The van der Waals surface area contributed by atoms with E-state index >= 15 is 0 Å². The van der Waals surface area contributed by atoms with Crippen LogP contribution < -0.4 is 15.2 Å². The molecule has 2 N–H and O–H groups in total. The van der Waals surface area contributed by atoms with Crippen molar-refractivity contribution < 1.29 is 23.9 Å². The molecule has 0 bridgehead atoms. The van der Waals surface area contributed by atoms with Gasteiger partial charge in [0.25, 0.3) is 11.1 Å².